The molecule has 1 heterocycles. The summed E-state index contributed by atoms with van der Waals surface area (Å²) in [6.07, 6.45) is -2.33. The van der Waals surface area contributed by atoms with Crippen LogP contribution in [0.5, 0.6) is 0 Å². The van der Waals surface area contributed by atoms with Crippen LogP contribution in [0.15, 0.2) is 59.0 Å². The van der Waals surface area contributed by atoms with E-state index in [2.05, 4.69) is 5.43 Å². The minimum atomic E-state index is -4.77. The molecule has 0 aromatic heterocycles. The summed E-state index contributed by atoms with van der Waals surface area (Å²) in [4.78, 5) is 14.3. The Morgan fingerprint density at radius 3 is 2.62 bits per heavy atom. The molecule has 2 N–H and O–H groups in total. The first-order valence-electron chi connectivity index (χ1n) is 10.6. The number of anilines is 1. The summed E-state index contributed by atoms with van der Waals surface area (Å²) in [6, 6.07) is 6.10. The zero-order valence-corrected chi connectivity index (χ0v) is 17.8. The maximum Gasteiger partial charge on any atom is 0.416 e. The van der Waals surface area contributed by atoms with Gasteiger partial charge in [0.2, 0.25) is 5.91 Å². The van der Waals surface area contributed by atoms with Crippen molar-refractivity contribution in [3.05, 3.63) is 64.8 Å². The van der Waals surface area contributed by atoms with E-state index in [9.17, 15) is 27.5 Å². The number of hydrazine groups is 1. The highest BCUT2D eigenvalue weighted by molar-refractivity contribution is 5.84. The highest BCUT2D eigenvalue weighted by Crippen LogP contribution is 2.48. The summed E-state index contributed by atoms with van der Waals surface area (Å²) < 4.78 is 51.8. The van der Waals surface area contributed by atoms with Crippen molar-refractivity contribution in [2.24, 2.45) is 11.8 Å². The maximum atomic E-state index is 13.3. The minimum Gasteiger partial charge on any atom is -0.382 e. The number of likely N-dealkylation sites (N-methyl/N-ethyl adjacent to an activating group) is 1. The first kappa shape index (κ1) is 22.4. The van der Waals surface area contributed by atoms with Crippen molar-refractivity contribution in [3.8, 4) is 0 Å². The third kappa shape index (κ3) is 3.90. The Hall–Kier alpha value is -2.81. The molecule has 1 aromatic carbocycles. The molecule has 4 rings (SSSR count). The number of fused-ring (bicyclic) bond motifs is 1. The summed E-state index contributed by atoms with van der Waals surface area (Å²) in [7, 11) is 0. The van der Waals surface area contributed by atoms with E-state index in [0.717, 1.165) is 33.0 Å². The van der Waals surface area contributed by atoms with Gasteiger partial charge in [0.15, 0.2) is 6.10 Å². The summed E-state index contributed by atoms with van der Waals surface area (Å²) in [5.74, 6) is -1.33. The number of aliphatic hydroxyl groups is 1. The molecule has 0 radical (unpaired) electrons. The smallest absolute Gasteiger partial charge is 0.382 e. The number of nitrogens with zero attached hydrogens (tertiary/aromatic N) is 2. The van der Waals surface area contributed by atoms with Crippen molar-refractivity contribution in [2.75, 3.05) is 18.1 Å². The molecule has 1 aliphatic heterocycles. The van der Waals surface area contributed by atoms with Crippen molar-refractivity contribution < 1.29 is 27.5 Å². The van der Waals surface area contributed by atoms with Crippen LogP contribution in [0.1, 0.15) is 26.7 Å². The normalized spacial score (nSPS) is 23.3. The van der Waals surface area contributed by atoms with Crippen LogP contribution in [0.25, 0.3) is 0 Å². The SMILES string of the molecule is CCN(C[C@@H](O)C(F)(F)F)C(=O)[C@H]1CCC2=C1[C@@H](C)C1=CNN(c3ccc(F)cc3)C1=C2. The summed E-state index contributed by atoms with van der Waals surface area (Å²) >= 11 is 0. The van der Waals surface area contributed by atoms with E-state index in [1.165, 1.54) is 12.1 Å². The van der Waals surface area contributed by atoms with Gasteiger partial charge in [0.1, 0.15) is 5.82 Å². The first-order valence-corrected chi connectivity index (χ1v) is 10.6. The Kier molecular flexibility index (Phi) is 5.79. The van der Waals surface area contributed by atoms with Gasteiger partial charge in [-0.15, -0.1) is 0 Å². The van der Waals surface area contributed by atoms with Crippen LogP contribution in [-0.4, -0.2) is 41.3 Å². The van der Waals surface area contributed by atoms with Gasteiger partial charge in [-0.2, -0.15) is 13.2 Å². The molecule has 1 aromatic rings. The Morgan fingerprint density at radius 1 is 1.31 bits per heavy atom. The maximum absolute atomic E-state index is 13.3. The number of nitrogens with one attached hydrogen (secondary N) is 1. The number of allylic oxidation sites excluding steroid dienone is 3. The number of alkyl halides is 3. The van der Waals surface area contributed by atoms with E-state index >= 15 is 0 Å². The second-order valence-electron chi connectivity index (χ2n) is 8.30. The van der Waals surface area contributed by atoms with Crippen LogP contribution in [-0.2, 0) is 4.79 Å². The molecule has 0 saturated carbocycles. The quantitative estimate of drug-likeness (QED) is 0.664. The number of benzene rings is 1. The molecule has 1 amide bonds. The predicted octanol–water partition coefficient (Wildman–Crippen LogP) is 4.05. The lowest BCUT2D eigenvalue weighted by Gasteiger charge is -2.32. The Bertz CT molecular complexity index is 997. The van der Waals surface area contributed by atoms with E-state index in [0.29, 0.717) is 12.8 Å². The fourth-order valence-corrected chi connectivity index (χ4v) is 4.76. The summed E-state index contributed by atoms with van der Waals surface area (Å²) in [5, 5.41) is 11.3. The van der Waals surface area contributed by atoms with Gasteiger partial charge >= 0.3 is 6.18 Å². The molecular formula is C23H25F4N3O2. The zero-order chi connectivity index (χ0) is 23.2. The standard InChI is InChI=1S/C23H25F4N3O2/c1-3-29(12-20(31)23(25,26)27)22(32)17-9-4-14-10-19-18(13(2)21(14)17)11-28-30(19)16-7-5-15(24)6-8-16/h5-8,10-11,13,17,20,28,31H,3-4,9,12H2,1-2H3/t13-,17-,20+/m0/s1. The molecule has 9 heteroatoms. The molecule has 0 bridgehead atoms. The fourth-order valence-electron chi connectivity index (χ4n) is 4.76. The largest absolute Gasteiger partial charge is 0.416 e. The van der Waals surface area contributed by atoms with Gasteiger partial charge in [0.25, 0.3) is 0 Å². The molecular weight excluding hydrogens is 426 g/mol. The van der Waals surface area contributed by atoms with Gasteiger partial charge in [-0.3, -0.25) is 9.80 Å². The topological polar surface area (TPSA) is 55.8 Å². The highest BCUT2D eigenvalue weighted by Gasteiger charge is 2.44. The number of hydrogen-bond donors (Lipinski definition) is 2. The van der Waals surface area contributed by atoms with E-state index < -0.39 is 24.7 Å². The molecule has 172 valence electrons. The average Bonchev–Trinajstić information content (AvgIpc) is 3.36. The second kappa shape index (κ2) is 8.27. The third-order valence-corrected chi connectivity index (χ3v) is 6.43. The minimum absolute atomic E-state index is 0.0865. The lowest BCUT2D eigenvalue weighted by molar-refractivity contribution is -0.208. The van der Waals surface area contributed by atoms with Gasteiger partial charge in [-0.1, -0.05) is 6.92 Å². The molecule has 5 nitrogen and oxygen atoms in total. The molecule has 0 unspecified atom stereocenters. The summed E-state index contributed by atoms with van der Waals surface area (Å²) in [5.41, 5.74) is 7.75. The zero-order valence-electron chi connectivity index (χ0n) is 17.8. The van der Waals surface area contributed by atoms with Crippen molar-refractivity contribution in [3.63, 3.8) is 0 Å². The molecule has 0 saturated heterocycles. The van der Waals surface area contributed by atoms with Gasteiger partial charge in [0, 0.05) is 24.2 Å². The number of hydrogen-bond acceptors (Lipinski definition) is 4. The molecule has 0 fully saturated rings. The van der Waals surface area contributed by atoms with E-state index in [-0.39, 0.29) is 24.2 Å². The van der Waals surface area contributed by atoms with Gasteiger partial charge in [0.05, 0.1) is 23.8 Å². The summed E-state index contributed by atoms with van der Waals surface area (Å²) in [6.45, 7) is 2.91. The lowest BCUT2D eigenvalue weighted by atomic mass is 9.80. The number of aliphatic hydroxyl groups excluding tert-OH is 1. The Balaban J connectivity index is 1.59. The van der Waals surface area contributed by atoms with Gasteiger partial charge in [-0.05, 0) is 61.3 Å². The predicted molar refractivity (Wildman–Crippen MR) is 111 cm³/mol. The van der Waals surface area contributed by atoms with Crippen LogP contribution in [0, 0.1) is 17.7 Å². The first-order chi connectivity index (χ1) is 15.1. The van der Waals surface area contributed by atoms with Crippen LogP contribution < -0.4 is 10.4 Å². The molecule has 3 atom stereocenters. The van der Waals surface area contributed by atoms with Gasteiger partial charge < -0.3 is 15.4 Å². The molecule has 2 aliphatic carbocycles. The van der Waals surface area contributed by atoms with Gasteiger partial charge in [-0.25, -0.2) is 4.39 Å². The number of carbonyl (C=O) groups excluding carboxylic acids is 1. The van der Waals surface area contributed by atoms with Crippen molar-refractivity contribution in [1.82, 2.24) is 10.3 Å². The second-order valence-corrected chi connectivity index (χ2v) is 8.30. The Morgan fingerprint density at radius 2 is 2.00 bits per heavy atom. The fraction of sp³-hybridized carbons (Fsp3) is 0.435. The number of rotatable bonds is 5. The van der Waals surface area contributed by atoms with Crippen molar-refractivity contribution in [2.45, 2.75) is 39.0 Å². The highest BCUT2D eigenvalue weighted by atomic mass is 19.4. The number of carbonyl (C=O) groups is 1. The molecule has 0 spiro atoms. The van der Waals surface area contributed by atoms with E-state index in [4.69, 9.17) is 0 Å². The monoisotopic (exact) mass is 451 g/mol. The Labute approximate surface area is 183 Å². The van der Waals surface area contributed by atoms with Crippen LogP contribution in [0.2, 0.25) is 0 Å². The van der Waals surface area contributed by atoms with Crippen molar-refractivity contribution in [1.29, 1.82) is 0 Å². The van der Waals surface area contributed by atoms with E-state index in [1.54, 1.807) is 19.1 Å². The number of amides is 1. The number of halogens is 4. The van der Waals surface area contributed by atoms with Crippen LogP contribution in [0.3, 0.4) is 0 Å². The average molecular weight is 451 g/mol. The van der Waals surface area contributed by atoms with Crippen LogP contribution in [0.4, 0.5) is 23.2 Å². The molecule has 32 heavy (non-hydrogen) atoms. The molecule has 3 aliphatic rings. The third-order valence-electron chi connectivity index (χ3n) is 6.43. The van der Waals surface area contributed by atoms with Crippen molar-refractivity contribution >= 4 is 11.6 Å². The van der Waals surface area contributed by atoms with E-state index in [1.807, 2.05) is 24.2 Å². The lowest BCUT2D eigenvalue weighted by Crippen LogP contribution is -2.46. The van der Waals surface area contributed by atoms with Crippen LogP contribution >= 0.6 is 0 Å².